The molecule has 0 saturated heterocycles. The zero-order valence-electron chi connectivity index (χ0n) is 12.0. The summed E-state index contributed by atoms with van der Waals surface area (Å²) in [6, 6.07) is 0. The Morgan fingerprint density at radius 2 is 1.74 bits per heavy atom. The predicted octanol–water partition coefficient (Wildman–Crippen LogP) is 1.04. The lowest BCUT2D eigenvalue weighted by atomic mass is 10.2. The molecule has 2 heterocycles. The summed E-state index contributed by atoms with van der Waals surface area (Å²) in [6.07, 6.45) is 3.42. The van der Waals surface area contributed by atoms with E-state index in [-0.39, 0.29) is 5.91 Å². The highest BCUT2D eigenvalue weighted by Gasteiger charge is 2.18. The third kappa shape index (κ3) is 2.38. The SMILES string of the molecule is Cc1c(CN(C)C(=O)c2cnn(C)c2C)cnn1C. The molecule has 1 amide bonds. The summed E-state index contributed by atoms with van der Waals surface area (Å²) < 4.78 is 3.51. The van der Waals surface area contributed by atoms with Gasteiger partial charge in [0, 0.05) is 44.6 Å². The second kappa shape index (κ2) is 4.87. The van der Waals surface area contributed by atoms with Crippen LogP contribution in [-0.2, 0) is 20.6 Å². The molecule has 0 aliphatic heterocycles. The van der Waals surface area contributed by atoms with E-state index in [1.807, 2.05) is 32.6 Å². The first kappa shape index (κ1) is 13.3. The lowest BCUT2D eigenvalue weighted by Crippen LogP contribution is -2.26. The van der Waals surface area contributed by atoms with E-state index in [4.69, 9.17) is 0 Å². The van der Waals surface area contributed by atoms with Crippen LogP contribution in [0.15, 0.2) is 12.4 Å². The van der Waals surface area contributed by atoms with Gasteiger partial charge in [-0.25, -0.2) is 0 Å². The van der Waals surface area contributed by atoms with Crippen LogP contribution in [0.1, 0.15) is 27.3 Å². The maximum Gasteiger partial charge on any atom is 0.257 e. The molecule has 2 aromatic heterocycles. The van der Waals surface area contributed by atoms with E-state index in [1.165, 1.54) is 0 Å². The number of aryl methyl sites for hydroxylation is 2. The third-order valence-corrected chi connectivity index (χ3v) is 3.56. The summed E-state index contributed by atoms with van der Waals surface area (Å²) in [6.45, 7) is 4.44. The number of nitrogens with zero attached hydrogens (tertiary/aromatic N) is 5. The molecule has 6 nitrogen and oxygen atoms in total. The van der Waals surface area contributed by atoms with Crippen molar-refractivity contribution in [2.45, 2.75) is 20.4 Å². The highest BCUT2D eigenvalue weighted by molar-refractivity contribution is 5.94. The second-order valence-corrected chi connectivity index (χ2v) is 4.81. The Kier molecular flexibility index (Phi) is 3.42. The first-order valence-corrected chi connectivity index (χ1v) is 6.13. The van der Waals surface area contributed by atoms with Crippen LogP contribution in [-0.4, -0.2) is 37.4 Å². The second-order valence-electron chi connectivity index (χ2n) is 4.81. The van der Waals surface area contributed by atoms with Crippen LogP contribution in [0.25, 0.3) is 0 Å². The summed E-state index contributed by atoms with van der Waals surface area (Å²) in [5, 5.41) is 8.29. The zero-order chi connectivity index (χ0) is 14.2. The van der Waals surface area contributed by atoms with Crippen LogP contribution in [0.4, 0.5) is 0 Å². The quantitative estimate of drug-likeness (QED) is 0.829. The average molecular weight is 261 g/mol. The summed E-state index contributed by atoms with van der Waals surface area (Å²) >= 11 is 0. The number of hydrogen-bond donors (Lipinski definition) is 0. The molecule has 2 rings (SSSR count). The first-order chi connectivity index (χ1) is 8.91. The molecule has 6 heteroatoms. The van der Waals surface area contributed by atoms with E-state index in [0.29, 0.717) is 12.1 Å². The van der Waals surface area contributed by atoms with Gasteiger partial charge in [-0.3, -0.25) is 14.2 Å². The summed E-state index contributed by atoms with van der Waals surface area (Å²) in [4.78, 5) is 14.0. The van der Waals surface area contributed by atoms with Gasteiger partial charge >= 0.3 is 0 Å². The van der Waals surface area contributed by atoms with Crippen molar-refractivity contribution in [3.8, 4) is 0 Å². The van der Waals surface area contributed by atoms with Gasteiger partial charge in [0.15, 0.2) is 0 Å². The Morgan fingerprint density at radius 3 is 2.21 bits per heavy atom. The number of rotatable bonds is 3. The van der Waals surface area contributed by atoms with Crippen molar-refractivity contribution in [2.24, 2.45) is 14.1 Å². The molecular weight excluding hydrogens is 242 g/mol. The van der Waals surface area contributed by atoms with Gasteiger partial charge in [0.1, 0.15) is 0 Å². The highest BCUT2D eigenvalue weighted by atomic mass is 16.2. The minimum atomic E-state index is -0.0196. The van der Waals surface area contributed by atoms with Crippen molar-refractivity contribution in [3.05, 3.63) is 34.9 Å². The van der Waals surface area contributed by atoms with Gasteiger partial charge in [-0.15, -0.1) is 0 Å². The molecular formula is C13H19N5O. The van der Waals surface area contributed by atoms with E-state index < -0.39 is 0 Å². The number of aromatic nitrogens is 4. The van der Waals surface area contributed by atoms with Crippen LogP contribution < -0.4 is 0 Å². The van der Waals surface area contributed by atoms with Crippen LogP contribution in [0.2, 0.25) is 0 Å². The van der Waals surface area contributed by atoms with E-state index in [2.05, 4.69) is 10.2 Å². The minimum absolute atomic E-state index is 0.0196. The number of carbonyl (C=O) groups is 1. The molecule has 0 spiro atoms. The average Bonchev–Trinajstić information content (AvgIpc) is 2.87. The van der Waals surface area contributed by atoms with E-state index in [1.54, 1.807) is 29.0 Å². The van der Waals surface area contributed by atoms with Crippen molar-refractivity contribution in [3.63, 3.8) is 0 Å². The molecule has 0 unspecified atom stereocenters. The smallest absolute Gasteiger partial charge is 0.257 e. The lowest BCUT2D eigenvalue weighted by molar-refractivity contribution is 0.0784. The van der Waals surface area contributed by atoms with Crippen molar-refractivity contribution in [2.75, 3.05) is 7.05 Å². The summed E-state index contributed by atoms with van der Waals surface area (Å²) in [5.41, 5.74) is 3.65. The molecule has 0 atom stereocenters. The van der Waals surface area contributed by atoms with Gasteiger partial charge in [-0.1, -0.05) is 0 Å². The Labute approximate surface area is 112 Å². The van der Waals surface area contributed by atoms with Gasteiger partial charge in [-0.05, 0) is 13.8 Å². The van der Waals surface area contributed by atoms with Crippen molar-refractivity contribution in [1.82, 2.24) is 24.5 Å². The number of carbonyl (C=O) groups excluding carboxylic acids is 1. The molecule has 0 aromatic carbocycles. The summed E-state index contributed by atoms with van der Waals surface area (Å²) in [5.74, 6) is -0.0196. The molecule has 0 aliphatic rings. The normalized spacial score (nSPS) is 10.8. The van der Waals surface area contributed by atoms with Crippen LogP contribution in [0, 0.1) is 13.8 Å². The monoisotopic (exact) mass is 261 g/mol. The predicted molar refractivity (Wildman–Crippen MR) is 71.7 cm³/mol. The Morgan fingerprint density at radius 1 is 1.16 bits per heavy atom. The minimum Gasteiger partial charge on any atom is -0.337 e. The highest BCUT2D eigenvalue weighted by Crippen LogP contribution is 2.13. The summed E-state index contributed by atoms with van der Waals surface area (Å²) in [7, 11) is 5.52. The molecule has 0 bridgehead atoms. The maximum absolute atomic E-state index is 12.3. The molecule has 102 valence electrons. The number of hydrogen-bond acceptors (Lipinski definition) is 3. The van der Waals surface area contributed by atoms with E-state index in [0.717, 1.165) is 17.0 Å². The van der Waals surface area contributed by atoms with Gasteiger partial charge in [0.25, 0.3) is 5.91 Å². The standard InChI is InChI=1S/C13H19N5O/c1-9-11(6-14-17(9)4)8-16(3)13(19)12-7-15-18(5)10(12)2/h6-7H,8H2,1-5H3. The Hall–Kier alpha value is -2.11. The van der Waals surface area contributed by atoms with E-state index >= 15 is 0 Å². The van der Waals surface area contributed by atoms with Crippen molar-refractivity contribution in [1.29, 1.82) is 0 Å². The molecule has 0 N–H and O–H groups in total. The largest absolute Gasteiger partial charge is 0.337 e. The fourth-order valence-electron chi connectivity index (χ4n) is 1.94. The van der Waals surface area contributed by atoms with Gasteiger partial charge < -0.3 is 4.90 Å². The van der Waals surface area contributed by atoms with Gasteiger partial charge in [0.05, 0.1) is 18.0 Å². The van der Waals surface area contributed by atoms with Crippen LogP contribution in [0.5, 0.6) is 0 Å². The third-order valence-electron chi connectivity index (χ3n) is 3.56. The Balaban J connectivity index is 2.16. The molecule has 0 fully saturated rings. The zero-order valence-corrected chi connectivity index (χ0v) is 12.0. The van der Waals surface area contributed by atoms with E-state index in [9.17, 15) is 4.79 Å². The lowest BCUT2D eigenvalue weighted by Gasteiger charge is -2.16. The molecule has 2 aromatic rings. The van der Waals surface area contributed by atoms with Crippen molar-refractivity contribution < 1.29 is 4.79 Å². The molecule has 0 saturated carbocycles. The molecule has 0 radical (unpaired) electrons. The Bertz CT molecular complexity index is 611. The van der Waals surface area contributed by atoms with Gasteiger partial charge in [-0.2, -0.15) is 10.2 Å². The fraction of sp³-hybridized carbons (Fsp3) is 0.462. The molecule has 19 heavy (non-hydrogen) atoms. The van der Waals surface area contributed by atoms with Crippen LogP contribution in [0.3, 0.4) is 0 Å². The topological polar surface area (TPSA) is 56.0 Å². The molecule has 0 aliphatic carbocycles. The fourth-order valence-corrected chi connectivity index (χ4v) is 1.94. The van der Waals surface area contributed by atoms with Gasteiger partial charge in [0.2, 0.25) is 0 Å². The first-order valence-electron chi connectivity index (χ1n) is 6.13. The maximum atomic E-state index is 12.3. The van der Waals surface area contributed by atoms with Crippen molar-refractivity contribution >= 4 is 5.91 Å². The van der Waals surface area contributed by atoms with Crippen LogP contribution >= 0.6 is 0 Å². The number of amides is 1.